The maximum absolute atomic E-state index is 13.5. The van der Waals surface area contributed by atoms with Crippen LogP contribution < -0.4 is 5.32 Å². The average Bonchev–Trinajstić information content (AvgIpc) is 3.50. The number of likely N-dealkylation sites (tertiary alicyclic amines) is 1. The van der Waals surface area contributed by atoms with E-state index in [9.17, 15) is 18.4 Å². The second-order valence-electron chi connectivity index (χ2n) is 8.04. The van der Waals surface area contributed by atoms with Crippen LogP contribution in [-0.4, -0.2) is 46.8 Å². The number of nitrogens with zero attached hydrogens (tertiary/aromatic N) is 4. The third kappa shape index (κ3) is 6.06. The van der Waals surface area contributed by atoms with Crippen LogP contribution in [0.25, 0.3) is 11.1 Å². The first-order valence-corrected chi connectivity index (χ1v) is 12.7. The first-order chi connectivity index (χ1) is 17.3. The highest BCUT2D eigenvalue weighted by Crippen LogP contribution is 2.31. The van der Waals surface area contributed by atoms with E-state index in [1.165, 1.54) is 11.3 Å². The lowest BCUT2D eigenvalue weighted by atomic mass is 10.0. The summed E-state index contributed by atoms with van der Waals surface area (Å²) in [6, 6.07) is 17.9. The lowest BCUT2D eigenvalue weighted by Gasteiger charge is -2.19. The summed E-state index contributed by atoms with van der Waals surface area (Å²) < 4.78 is 27.0. The number of nitrogens with one attached hydrogen (secondary N) is 1. The van der Waals surface area contributed by atoms with E-state index < -0.39 is 43.3 Å². The van der Waals surface area contributed by atoms with Crippen LogP contribution in [0.1, 0.15) is 27.5 Å². The van der Waals surface area contributed by atoms with Gasteiger partial charge in [0, 0.05) is 16.7 Å². The highest BCUT2D eigenvalue weighted by Gasteiger charge is 2.47. The minimum Gasteiger partial charge on any atom is -0.342 e. The third-order valence-corrected chi connectivity index (χ3v) is 7.54. The maximum atomic E-state index is 13.5. The van der Waals surface area contributed by atoms with Crippen molar-refractivity contribution in [2.45, 2.75) is 29.0 Å². The molecular weight excluding hydrogens is 504 g/mol. The molecule has 0 aliphatic carbocycles. The average molecular weight is 524 g/mol. The Hall–Kier alpha value is -3.80. The van der Waals surface area contributed by atoms with E-state index in [0.717, 1.165) is 25.9 Å². The summed E-state index contributed by atoms with van der Waals surface area (Å²) in [4.78, 5) is 30.7. The molecule has 11 heteroatoms. The number of alkyl halides is 2. The van der Waals surface area contributed by atoms with Crippen molar-refractivity contribution >= 4 is 34.9 Å². The van der Waals surface area contributed by atoms with Gasteiger partial charge in [-0.3, -0.25) is 9.59 Å². The second kappa shape index (κ2) is 10.9. The van der Waals surface area contributed by atoms with Crippen molar-refractivity contribution in [3.63, 3.8) is 0 Å². The van der Waals surface area contributed by atoms with Crippen LogP contribution in [0.4, 0.5) is 8.78 Å². The quantitative estimate of drug-likeness (QED) is 0.458. The normalized spacial score (nSPS) is 16.2. The van der Waals surface area contributed by atoms with Crippen molar-refractivity contribution in [2.75, 3.05) is 13.1 Å². The number of carbonyl (C=O) groups is 2. The molecule has 0 saturated carbocycles. The molecule has 1 aliphatic heterocycles. The molecular formula is C25H19F2N5O2S2. The fourth-order valence-electron chi connectivity index (χ4n) is 3.65. The molecule has 1 aliphatic rings. The van der Waals surface area contributed by atoms with Crippen molar-refractivity contribution < 1.29 is 18.4 Å². The number of rotatable bonds is 7. The predicted octanol–water partition coefficient (Wildman–Crippen LogP) is 4.46. The van der Waals surface area contributed by atoms with Gasteiger partial charge in [-0.1, -0.05) is 24.3 Å². The van der Waals surface area contributed by atoms with Gasteiger partial charge in [0.2, 0.25) is 5.91 Å². The van der Waals surface area contributed by atoms with E-state index in [-0.39, 0.29) is 5.69 Å². The Balaban J connectivity index is 1.27. The molecule has 1 N–H and O–H groups in total. The molecule has 0 radical (unpaired) electrons. The van der Waals surface area contributed by atoms with E-state index in [1.54, 1.807) is 35.3 Å². The first kappa shape index (κ1) is 25.3. The van der Waals surface area contributed by atoms with E-state index in [0.29, 0.717) is 11.3 Å². The molecule has 7 nitrogen and oxygen atoms in total. The molecule has 2 amide bonds. The summed E-state index contributed by atoms with van der Waals surface area (Å²) in [5.41, 5.74) is 2.80. The molecule has 1 atom stereocenters. The van der Waals surface area contributed by atoms with Gasteiger partial charge in [-0.15, -0.1) is 23.1 Å². The summed E-state index contributed by atoms with van der Waals surface area (Å²) >= 11 is 2.86. The molecule has 0 spiro atoms. The van der Waals surface area contributed by atoms with Crippen LogP contribution in [0.2, 0.25) is 0 Å². The van der Waals surface area contributed by atoms with Crippen molar-refractivity contribution in [2.24, 2.45) is 0 Å². The fraction of sp³-hybridized carbons (Fsp3) is 0.240. The molecule has 2 aromatic carbocycles. The number of thiazole rings is 1. The SMILES string of the molecule is N#Cc1ccc(-c2ccc(SCc3nc(C(=O)NCC(=O)N4CC(F)(F)C[C@H]4C#N)cs3)cc2)cc1. The molecule has 182 valence electrons. The summed E-state index contributed by atoms with van der Waals surface area (Å²) in [6.45, 7) is -1.31. The number of nitriles is 2. The summed E-state index contributed by atoms with van der Waals surface area (Å²) in [5, 5.41) is 22.6. The number of hydrogen-bond acceptors (Lipinski definition) is 7. The van der Waals surface area contributed by atoms with E-state index in [1.807, 2.05) is 36.4 Å². The van der Waals surface area contributed by atoms with Crippen LogP contribution in [0.5, 0.6) is 0 Å². The Bertz CT molecular complexity index is 1340. The summed E-state index contributed by atoms with van der Waals surface area (Å²) in [5.74, 6) is -3.88. The minimum absolute atomic E-state index is 0.142. The van der Waals surface area contributed by atoms with Crippen LogP contribution >= 0.6 is 23.1 Å². The van der Waals surface area contributed by atoms with Gasteiger partial charge in [0.05, 0.1) is 36.5 Å². The molecule has 1 saturated heterocycles. The lowest BCUT2D eigenvalue weighted by molar-refractivity contribution is -0.131. The van der Waals surface area contributed by atoms with Crippen LogP contribution in [-0.2, 0) is 10.5 Å². The van der Waals surface area contributed by atoms with E-state index in [2.05, 4.69) is 16.4 Å². The molecule has 36 heavy (non-hydrogen) atoms. The first-order valence-electron chi connectivity index (χ1n) is 10.8. The topological polar surface area (TPSA) is 110 Å². The number of aromatic nitrogens is 1. The van der Waals surface area contributed by atoms with Crippen LogP contribution in [0.3, 0.4) is 0 Å². The van der Waals surface area contributed by atoms with Gasteiger partial charge in [-0.25, -0.2) is 13.8 Å². The predicted molar refractivity (Wildman–Crippen MR) is 131 cm³/mol. The van der Waals surface area contributed by atoms with E-state index in [4.69, 9.17) is 10.5 Å². The largest absolute Gasteiger partial charge is 0.342 e. The van der Waals surface area contributed by atoms with Gasteiger partial charge in [-0.05, 0) is 35.4 Å². The highest BCUT2D eigenvalue weighted by molar-refractivity contribution is 7.98. The zero-order chi connectivity index (χ0) is 25.7. The zero-order valence-electron chi connectivity index (χ0n) is 18.8. The molecule has 0 bridgehead atoms. The Labute approximate surface area is 214 Å². The van der Waals surface area contributed by atoms with E-state index >= 15 is 0 Å². The van der Waals surface area contributed by atoms with Gasteiger partial charge in [0.25, 0.3) is 11.8 Å². The Morgan fingerprint density at radius 3 is 2.44 bits per heavy atom. The smallest absolute Gasteiger partial charge is 0.271 e. The Kier molecular flexibility index (Phi) is 7.63. The molecule has 0 unspecified atom stereocenters. The highest BCUT2D eigenvalue weighted by atomic mass is 32.2. The maximum Gasteiger partial charge on any atom is 0.271 e. The number of thioether (sulfide) groups is 1. The number of carbonyl (C=O) groups excluding carboxylic acids is 2. The lowest BCUT2D eigenvalue weighted by Crippen LogP contribution is -2.43. The van der Waals surface area contributed by atoms with Gasteiger partial charge in [-0.2, -0.15) is 10.5 Å². The van der Waals surface area contributed by atoms with Crippen molar-refractivity contribution in [3.05, 3.63) is 70.2 Å². The number of amides is 2. The number of hydrogen-bond donors (Lipinski definition) is 1. The molecule has 1 aromatic heterocycles. The number of benzene rings is 2. The van der Waals surface area contributed by atoms with Crippen molar-refractivity contribution in [1.29, 1.82) is 10.5 Å². The number of halogens is 2. The molecule has 2 heterocycles. The molecule has 1 fully saturated rings. The Morgan fingerprint density at radius 2 is 1.81 bits per heavy atom. The zero-order valence-corrected chi connectivity index (χ0v) is 20.4. The third-order valence-electron chi connectivity index (χ3n) is 5.49. The van der Waals surface area contributed by atoms with Crippen molar-refractivity contribution in [1.82, 2.24) is 15.2 Å². The monoisotopic (exact) mass is 523 g/mol. The summed E-state index contributed by atoms with van der Waals surface area (Å²) in [6.07, 6.45) is -0.700. The van der Waals surface area contributed by atoms with Gasteiger partial charge < -0.3 is 10.2 Å². The van der Waals surface area contributed by atoms with Gasteiger partial charge in [0.1, 0.15) is 16.7 Å². The minimum atomic E-state index is -3.11. The Morgan fingerprint density at radius 1 is 1.14 bits per heavy atom. The fourth-order valence-corrected chi connectivity index (χ4v) is 5.34. The van der Waals surface area contributed by atoms with Crippen molar-refractivity contribution in [3.8, 4) is 23.3 Å². The van der Waals surface area contributed by atoms with Gasteiger partial charge in [0.15, 0.2) is 0 Å². The summed E-state index contributed by atoms with van der Waals surface area (Å²) in [7, 11) is 0. The standard InChI is InChI=1S/C25H19F2N5O2S2/c26-25(27)9-19(11-29)32(15-25)23(33)12-30-24(34)21-13-36-22(31-21)14-35-20-7-5-18(6-8-20)17-3-1-16(10-28)2-4-17/h1-8,13,19H,9,12,14-15H2,(H,30,34)/t19-/m0/s1. The van der Waals surface area contributed by atoms with Crippen LogP contribution in [0.15, 0.2) is 58.8 Å². The van der Waals surface area contributed by atoms with Crippen LogP contribution in [0, 0.1) is 22.7 Å². The molecule has 4 rings (SSSR count). The second-order valence-corrected chi connectivity index (χ2v) is 10.0. The molecule has 3 aromatic rings. The van der Waals surface area contributed by atoms with Gasteiger partial charge >= 0.3 is 0 Å².